The molecule has 2 aromatic heterocycles. The molecule has 6 nitrogen and oxygen atoms in total. The Hall–Kier alpha value is -2.73. The van der Waals surface area contributed by atoms with Gasteiger partial charge >= 0.3 is 5.97 Å². The third-order valence-electron chi connectivity index (χ3n) is 3.85. The summed E-state index contributed by atoms with van der Waals surface area (Å²) in [5, 5.41) is 9.25. The highest BCUT2D eigenvalue weighted by Crippen LogP contribution is 2.28. The number of nitrogens with zero attached hydrogens (tertiary/aromatic N) is 4. The topological polar surface area (TPSA) is 68.3 Å². The van der Waals surface area contributed by atoms with Gasteiger partial charge in [0, 0.05) is 11.2 Å². The van der Waals surface area contributed by atoms with Crippen LogP contribution in [0.3, 0.4) is 0 Å². The molecular weight excluding hydrogens is 340 g/mol. The van der Waals surface area contributed by atoms with Crippen molar-refractivity contribution in [1.82, 2.24) is 9.38 Å². The van der Waals surface area contributed by atoms with E-state index in [1.807, 2.05) is 42.6 Å². The van der Waals surface area contributed by atoms with Gasteiger partial charge in [-0.2, -0.15) is 0 Å². The molecule has 2 heterocycles. The lowest BCUT2D eigenvalue weighted by Gasteiger charge is -2.01. The predicted molar refractivity (Wildman–Crippen MR) is 96.0 cm³/mol. The van der Waals surface area contributed by atoms with Gasteiger partial charge in [-0.25, -0.2) is 4.98 Å². The van der Waals surface area contributed by atoms with Crippen LogP contribution in [0.5, 0.6) is 0 Å². The van der Waals surface area contributed by atoms with Crippen LogP contribution in [0.25, 0.3) is 5.65 Å². The molecule has 25 heavy (non-hydrogen) atoms. The van der Waals surface area contributed by atoms with Crippen LogP contribution < -0.4 is 0 Å². The molecule has 0 saturated heterocycles. The molecule has 0 saturated carbocycles. The third-order valence-corrected chi connectivity index (χ3v) is 4.09. The number of rotatable bonds is 4. The molecule has 0 atom stereocenters. The third kappa shape index (κ3) is 3.53. The summed E-state index contributed by atoms with van der Waals surface area (Å²) in [5.74, 6) is 0.125. The fourth-order valence-corrected chi connectivity index (χ4v) is 2.63. The summed E-state index contributed by atoms with van der Waals surface area (Å²) in [6.07, 6.45) is 1.87. The van der Waals surface area contributed by atoms with E-state index >= 15 is 0 Å². The smallest absolute Gasteiger partial charge is 0.311 e. The van der Waals surface area contributed by atoms with Crippen molar-refractivity contribution in [2.24, 2.45) is 10.2 Å². The van der Waals surface area contributed by atoms with Gasteiger partial charge in [0.2, 0.25) is 0 Å². The minimum absolute atomic E-state index is 0.0283. The van der Waals surface area contributed by atoms with Crippen molar-refractivity contribution in [3.63, 3.8) is 0 Å². The van der Waals surface area contributed by atoms with E-state index < -0.39 is 0 Å². The number of carbonyl (C=O) groups is 1. The van der Waals surface area contributed by atoms with Crippen LogP contribution in [0.4, 0.5) is 11.5 Å². The number of hydrogen-bond acceptors (Lipinski definition) is 5. The molecule has 1 aromatic carbocycles. The highest BCUT2D eigenvalue weighted by Gasteiger charge is 2.17. The molecule has 0 unspecified atom stereocenters. The summed E-state index contributed by atoms with van der Waals surface area (Å²) in [6, 6.07) is 9.28. The van der Waals surface area contributed by atoms with Gasteiger partial charge in [-0.15, -0.1) is 10.2 Å². The number of carbonyl (C=O) groups excluding carboxylic acids is 1. The first kappa shape index (κ1) is 17.1. The Balaban J connectivity index is 2.11. The van der Waals surface area contributed by atoms with E-state index in [1.54, 1.807) is 12.1 Å². The summed E-state index contributed by atoms with van der Waals surface area (Å²) < 4.78 is 6.57. The van der Waals surface area contributed by atoms with Crippen LogP contribution in [0, 0.1) is 13.8 Å². The fraction of sp³-hybridized carbons (Fsp3) is 0.222. The van der Waals surface area contributed by atoms with Crippen LogP contribution >= 0.6 is 11.6 Å². The van der Waals surface area contributed by atoms with Crippen LogP contribution in [-0.2, 0) is 16.0 Å². The van der Waals surface area contributed by atoms with Crippen molar-refractivity contribution in [2.75, 3.05) is 7.11 Å². The lowest BCUT2D eigenvalue weighted by molar-refractivity contribution is -0.139. The van der Waals surface area contributed by atoms with Gasteiger partial charge in [0.1, 0.15) is 5.65 Å². The lowest BCUT2D eigenvalue weighted by Crippen LogP contribution is -2.04. The molecule has 3 aromatic rings. The van der Waals surface area contributed by atoms with Gasteiger partial charge in [0.25, 0.3) is 0 Å². The Labute approximate surface area is 150 Å². The Morgan fingerprint density at radius 2 is 2.04 bits per heavy atom. The van der Waals surface area contributed by atoms with Gasteiger partial charge < -0.3 is 4.74 Å². The van der Waals surface area contributed by atoms with Crippen molar-refractivity contribution >= 4 is 34.7 Å². The van der Waals surface area contributed by atoms with Crippen LogP contribution in [0.2, 0.25) is 5.02 Å². The molecule has 0 aliphatic heterocycles. The number of fused-ring (bicyclic) bond motifs is 1. The number of methoxy groups -OCH3 is 1. The van der Waals surface area contributed by atoms with E-state index in [9.17, 15) is 4.79 Å². The van der Waals surface area contributed by atoms with Gasteiger partial charge in [-0.3, -0.25) is 9.20 Å². The van der Waals surface area contributed by atoms with Crippen molar-refractivity contribution in [3.05, 3.63) is 58.4 Å². The number of benzene rings is 1. The molecular formula is C18H17ClN4O2. The summed E-state index contributed by atoms with van der Waals surface area (Å²) in [4.78, 5) is 16.2. The number of pyridine rings is 1. The molecule has 0 fully saturated rings. The molecule has 3 rings (SSSR count). The van der Waals surface area contributed by atoms with Gasteiger partial charge in [-0.05, 0) is 43.2 Å². The summed E-state index contributed by atoms with van der Waals surface area (Å²) in [7, 11) is 1.35. The van der Waals surface area contributed by atoms with E-state index in [-0.39, 0.29) is 12.4 Å². The van der Waals surface area contributed by atoms with E-state index in [0.717, 1.165) is 16.8 Å². The standard InChI is InChI=1S/C18H17ClN4O2/c1-11-6-7-13(19)9-14(11)21-22-18-15(10-16(24)25-3)20-17-12(2)5-4-8-23(17)18/h4-9H,10H2,1-3H3. The predicted octanol–water partition coefficient (Wildman–Crippen LogP) is 4.74. The van der Waals surface area contributed by atoms with Crippen molar-refractivity contribution in [1.29, 1.82) is 0 Å². The fourth-order valence-electron chi connectivity index (χ4n) is 2.46. The van der Waals surface area contributed by atoms with E-state index in [2.05, 4.69) is 15.2 Å². The van der Waals surface area contributed by atoms with Gasteiger partial charge in [-0.1, -0.05) is 23.7 Å². The Kier molecular flexibility index (Phi) is 4.81. The average Bonchev–Trinajstić information content (AvgIpc) is 2.94. The first-order chi connectivity index (χ1) is 12.0. The number of ether oxygens (including phenoxy) is 1. The Morgan fingerprint density at radius 1 is 1.24 bits per heavy atom. The number of azo groups is 1. The second-order valence-electron chi connectivity index (χ2n) is 5.65. The summed E-state index contributed by atoms with van der Waals surface area (Å²) >= 11 is 6.03. The van der Waals surface area contributed by atoms with Crippen molar-refractivity contribution in [3.8, 4) is 0 Å². The highest BCUT2D eigenvalue weighted by atomic mass is 35.5. The summed E-state index contributed by atoms with van der Waals surface area (Å²) in [5.41, 5.74) is 3.85. The molecule has 128 valence electrons. The largest absolute Gasteiger partial charge is 0.469 e. The van der Waals surface area contributed by atoms with Gasteiger partial charge in [0.15, 0.2) is 5.82 Å². The van der Waals surface area contributed by atoms with Crippen molar-refractivity contribution in [2.45, 2.75) is 20.3 Å². The van der Waals surface area contributed by atoms with Crippen LogP contribution in [0.15, 0.2) is 46.8 Å². The monoisotopic (exact) mass is 356 g/mol. The number of hydrogen-bond donors (Lipinski definition) is 0. The Morgan fingerprint density at radius 3 is 2.80 bits per heavy atom. The zero-order chi connectivity index (χ0) is 18.0. The van der Waals surface area contributed by atoms with Gasteiger partial charge in [0.05, 0.1) is 24.9 Å². The molecule has 0 amide bonds. The maximum Gasteiger partial charge on any atom is 0.311 e. The number of esters is 1. The molecule has 0 aliphatic rings. The summed E-state index contributed by atoms with van der Waals surface area (Å²) in [6.45, 7) is 3.88. The number of imidazole rings is 1. The number of halogens is 1. The number of aryl methyl sites for hydroxylation is 2. The van der Waals surface area contributed by atoms with E-state index in [0.29, 0.717) is 22.2 Å². The second-order valence-corrected chi connectivity index (χ2v) is 6.09. The Bertz CT molecular complexity index is 979. The zero-order valence-corrected chi connectivity index (χ0v) is 14.9. The SMILES string of the molecule is COC(=O)Cc1nc2c(C)cccn2c1N=Nc1cc(Cl)ccc1C. The van der Waals surface area contributed by atoms with E-state index in [4.69, 9.17) is 16.3 Å². The lowest BCUT2D eigenvalue weighted by atomic mass is 10.2. The molecule has 0 bridgehead atoms. The molecule has 7 heteroatoms. The zero-order valence-electron chi connectivity index (χ0n) is 14.2. The van der Waals surface area contributed by atoms with E-state index in [1.165, 1.54) is 7.11 Å². The minimum atomic E-state index is -0.378. The maximum absolute atomic E-state index is 11.7. The molecule has 0 aliphatic carbocycles. The minimum Gasteiger partial charge on any atom is -0.469 e. The van der Waals surface area contributed by atoms with Crippen LogP contribution in [-0.4, -0.2) is 22.5 Å². The maximum atomic E-state index is 11.7. The first-order valence-corrected chi connectivity index (χ1v) is 8.08. The molecule has 0 radical (unpaired) electrons. The van der Waals surface area contributed by atoms with Crippen LogP contribution in [0.1, 0.15) is 16.8 Å². The van der Waals surface area contributed by atoms with Crippen molar-refractivity contribution < 1.29 is 9.53 Å². The average molecular weight is 357 g/mol. The molecule has 0 spiro atoms. The quantitative estimate of drug-likeness (QED) is 0.501. The number of aromatic nitrogens is 2. The first-order valence-electron chi connectivity index (χ1n) is 7.71. The highest BCUT2D eigenvalue weighted by molar-refractivity contribution is 6.30. The normalized spacial score (nSPS) is 11.4. The molecule has 0 N–H and O–H groups in total. The second kappa shape index (κ2) is 7.03.